The molecule has 0 aliphatic heterocycles. The van der Waals surface area contributed by atoms with Gasteiger partial charge in [0.2, 0.25) is 5.91 Å². The van der Waals surface area contributed by atoms with Gasteiger partial charge in [0.05, 0.1) is 18.7 Å². The van der Waals surface area contributed by atoms with Crippen molar-refractivity contribution in [1.82, 2.24) is 10.2 Å². The second-order valence-corrected chi connectivity index (χ2v) is 4.55. The van der Waals surface area contributed by atoms with Gasteiger partial charge in [-0.25, -0.2) is 0 Å². The summed E-state index contributed by atoms with van der Waals surface area (Å²) < 4.78 is 5.37. The van der Waals surface area contributed by atoms with E-state index in [-0.39, 0.29) is 24.8 Å². The highest BCUT2D eigenvalue weighted by Crippen LogP contribution is 2.21. The maximum Gasteiger partial charge on any atom is 0.233 e. The number of nitrogens with zero attached hydrogens (tertiary/aromatic N) is 1. The van der Waals surface area contributed by atoms with Crippen LogP contribution < -0.4 is 5.32 Å². The highest BCUT2D eigenvalue weighted by atomic mass is 16.3. The molecule has 1 aromatic carbocycles. The van der Waals surface area contributed by atoms with Gasteiger partial charge in [0.25, 0.3) is 0 Å². The largest absolute Gasteiger partial charge is 0.464 e. The van der Waals surface area contributed by atoms with E-state index in [9.17, 15) is 9.59 Å². The Hall–Kier alpha value is -2.14. The van der Waals surface area contributed by atoms with E-state index in [2.05, 4.69) is 5.32 Å². The zero-order valence-electron chi connectivity index (χ0n) is 11.7. The maximum atomic E-state index is 12.3. The third-order valence-corrected chi connectivity index (χ3v) is 3.24. The van der Waals surface area contributed by atoms with E-state index >= 15 is 0 Å². The number of carbonyl (C=O) groups excluding carboxylic acids is 2. The van der Waals surface area contributed by atoms with Gasteiger partial charge in [0, 0.05) is 12.4 Å². The van der Waals surface area contributed by atoms with Crippen LogP contribution in [0.5, 0.6) is 0 Å². The molecule has 20 heavy (non-hydrogen) atoms. The van der Waals surface area contributed by atoms with Crippen LogP contribution in [0.3, 0.4) is 0 Å². The number of carbonyl (C=O) groups is 2. The lowest BCUT2D eigenvalue weighted by molar-refractivity contribution is -0.121. The summed E-state index contributed by atoms with van der Waals surface area (Å²) in [5.41, 5.74) is 1.26. The van der Waals surface area contributed by atoms with Crippen molar-refractivity contribution in [3.63, 3.8) is 0 Å². The van der Waals surface area contributed by atoms with Crippen LogP contribution >= 0.6 is 0 Å². The minimum Gasteiger partial charge on any atom is -0.464 e. The van der Waals surface area contributed by atoms with Gasteiger partial charge in [-0.3, -0.25) is 14.5 Å². The molecule has 0 aliphatic rings. The predicted octanol–water partition coefficient (Wildman–Crippen LogP) is 1.68. The number of para-hydroxylation sites is 1. The zero-order valence-corrected chi connectivity index (χ0v) is 11.7. The smallest absolute Gasteiger partial charge is 0.233 e. The molecule has 0 radical (unpaired) electrons. The van der Waals surface area contributed by atoms with Gasteiger partial charge in [0.1, 0.15) is 11.8 Å². The highest BCUT2D eigenvalue weighted by molar-refractivity contribution is 6.08. The average Bonchev–Trinajstić information content (AvgIpc) is 2.90. The Kier molecular flexibility index (Phi) is 4.53. The number of benzene rings is 1. The van der Waals surface area contributed by atoms with Gasteiger partial charge in [0.15, 0.2) is 5.78 Å². The summed E-state index contributed by atoms with van der Waals surface area (Å²) in [5, 5.41) is 3.37. The molecule has 1 N–H and O–H groups in total. The number of fused-ring (bicyclic) bond motifs is 1. The Morgan fingerprint density at radius 2 is 2.00 bits per heavy atom. The Morgan fingerprint density at radius 1 is 1.25 bits per heavy atom. The molecule has 1 aromatic heterocycles. The van der Waals surface area contributed by atoms with E-state index in [1.807, 2.05) is 31.2 Å². The molecule has 0 bridgehead atoms. The second kappa shape index (κ2) is 6.34. The fourth-order valence-electron chi connectivity index (χ4n) is 2.04. The van der Waals surface area contributed by atoms with Gasteiger partial charge in [-0.15, -0.1) is 0 Å². The molecule has 0 saturated heterocycles. The van der Waals surface area contributed by atoms with Crippen LogP contribution in [0.15, 0.2) is 34.9 Å². The van der Waals surface area contributed by atoms with Gasteiger partial charge in [-0.05, 0) is 12.6 Å². The first-order valence-corrected chi connectivity index (χ1v) is 6.58. The molecular formula is C15H18N2O3. The molecule has 0 spiro atoms. The molecule has 0 saturated carbocycles. The third kappa shape index (κ3) is 3.05. The lowest BCUT2D eigenvalue weighted by Crippen LogP contribution is -2.38. The summed E-state index contributed by atoms with van der Waals surface area (Å²) in [6, 6.07) is 7.43. The van der Waals surface area contributed by atoms with Crippen molar-refractivity contribution in [1.29, 1.82) is 0 Å². The fourth-order valence-corrected chi connectivity index (χ4v) is 2.04. The molecule has 5 heteroatoms. The number of amides is 1. The van der Waals surface area contributed by atoms with Crippen molar-refractivity contribution in [2.24, 2.45) is 0 Å². The van der Waals surface area contributed by atoms with Crippen molar-refractivity contribution < 1.29 is 14.0 Å². The number of furan rings is 1. The summed E-state index contributed by atoms with van der Waals surface area (Å²) >= 11 is 0. The third-order valence-electron chi connectivity index (χ3n) is 3.24. The fraction of sp³-hybridized carbons (Fsp3) is 0.333. The molecule has 0 aliphatic carbocycles. The van der Waals surface area contributed by atoms with Crippen LogP contribution in [0.1, 0.15) is 17.3 Å². The van der Waals surface area contributed by atoms with Crippen molar-refractivity contribution in [2.75, 3.05) is 26.7 Å². The van der Waals surface area contributed by atoms with Gasteiger partial charge < -0.3 is 9.73 Å². The molecular weight excluding hydrogens is 256 g/mol. The quantitative estimate of drug-likeness (QED) is 0.814. The molecule has 1 amide bonds. The van der Waals surface area contributed by atoms with Crippen LogP contribution in [0, 0.1) is 0 Å². The molecule has 106 valence electrons. The summed E-state index contributed by atoms with van der Waals surface area (Å²) in [5.74, 6) is -0.141. The second-order valence-electron chi connectivity index (χ2n) is 4.55. The Balaban J connectivity index is 2.12. The zero-order chi connectivity index (χ0) is 14.5. The summed E-state index contributed by atoms with van der Waals surface area (Å²) in [7, 11) is 1.58. The van der Waals surface area contributed by atoms with Crippen LogP contribution in [-0.4, -0.2) is 43.3 Å². The van der Waals surface area contributed by atoms with E-state index in [0.717, 1.165) is 5.39 Å². The minimum atomic E-state index is -0.100. The highest BCUT2D eigenvalue weighted by Gasteiger charge is 2.17. The SMILES string of the molecule is CCN(CC(=O)NC)CC(=O)c1coc2ccccc12. The molecule has 2 aromatic rings. The Bertz CT molecular complexity index is 618. The van der Waals surface area contributed by atoms with E-state index in [1.54, 1.807) is 11.9 Å². The number of likely N-dealkylation sites (N-methyl/N-ethyl adjacent to an activating group) is 2. The van der Waals surface area contributed by atoms with E-state index in [1.165, 1.54) is 6.26 Å². The van der Waals surface area contributed by atoms with E-state index in [0.29, 0.717) is 17.7 Å². The Labute approximate surface area is 117 Å². The van der Waals surface area contributed by atoms with Crippen molar-refractivity contribution in [3.05, 3.63) is 36.1 Å². The summed E-state index contributed by atoms with van der Waals surface area (Å²) in [6.45, 7) is 2.97. The number of nitrogens with one attached hydrogen (secondary N) is 1. The number of rotatable bonds is 6. The minimum absolute atomic E-state index is 0.0410. The standard InChI is InChI=1S/C15H18N2O3/c1-3-17(9-15(19)16-2)8-13(18)12-10-20-14-7-5-4-6-11(12)14/h4-7,10H,3,8-9H2,1-2H3,(H,16,19). The molecule has 5 nitrogen and oxygen atoms in total. The number of ketones is 1. The monoisotopic (exact) mass is 274 g/mol. The molecule has 0 unspecified atom stereocenters. The predicted molar refractivity (Wildman–Crippen MR) is 76.7 cm³/mol. The first-order chi connectivity index (χ1) is 9.65. The van der Waals surface area contributed by atoms with E-state index < -0.39 is 0 Å². The van der Waals surface area contributed by atoms with Gasteiger partial charge >= 0.3 is 0 Å². The van der Waals surface area contributed by atoms with Crippen LogP contribution in [-0.2, 0) is 4.79 Å². The van der Waals surface area contributed by atoms with Crippen molar-refractivity contribution in [2.45, 2.75) is 6.92 Å². The maximum absolute atomic E-state index is 12.3. The van der Waals surface area contributed by atoms with E-state index in [4.69, 9.17) is 4.42 Å². The normalized spacial score (nSPS) is 10.9. The molecule has 1 heterocycles. The van der Waals surface area contributed by atoms with Gasteiger partial charge in [-0.1, -0.05) is 25.1 Å². The number of hydrogen-bond acceptors (Lipinski definition) is 4. The summed E-state index contributed by atoms with van der Waals surface area (Å²) in [4.78, 5) is 25.5. The first kappa shape index (κ1) is 14.3. The summed E-state index contributed by atoms with van der Waals surface area (Å²) in [6.07, 6.45) is 1.49. The molecule has 0 fully saturated rings. The lowest BCUT2D eigenvalue weighted by atomic mass is 10.1. The topological polar surface area (TPSA) is 62.6 Å². The first-order valence-electron chi connectivity index (χ1n) is 6.58. The van der Waals surface area contributed by atoms with Crippen molar-refractivity contribution >= 4 is 22.7 Å². The van der Waals surface area contributed by atoms with Crippen LogP contribution in [0.25, 0.3) is 11.0 Å². The lowest BCUT2D eigenvalue weighted by Gasteiger charge is -2.17. The molecule has 0 atom stereocenters. The molecule has 2 rings (SSSR count). The van der Waals surface area contributed by atoms with Gasteiger partial charge in [-0.2, -0.15) is 0 Å². The number of hydrogen-bond donors (Lipinski definition) is 1. The van der Waals surface area contributed by atoms with Crippen LogP contribution in [0.4, 0.5) is 0 Å². The Morgan fingerprint density at radius 3 is 2.70 bits per heavy atom. The number of Topliss-reactive ketones (excluding diaryl/α,β-unsaturated/α-hetero) is 1. The average molecular weight is 274 g/mol. The van der Waals surface area contributed by atoms with Crippen molar-refractivity contribution in [3.8, 4) is 0 Å². The van der Waals surface area contributed by atoms with Crippen LogP contribution in [0.2, 0.25) is 0 Å².